The molecule has 1 aliphatic heterocycles. The van der Waals surface area contributed by atoms with E-state index in [0.717, 1.165) is 19.4 Å². The molecule has 1 heterocycles. The maximum absolute atomic E-state index is 13.2. The molecule has 27 heavy (non-hydrogen) atoms. The fourth-order valence-corrected chi connectivity index (χ4v) is 2.79. The van der Waals surface area contributed by atoms with E-state index in [0.29, 0.717) is 38.0 Å². The van der Waals surface area contributed by atoms with Crippen LogP contribution in [0.5, 0.6) is 5.75 Å². The minimum Gasteiger partial charge on any atom is -0.489 e. The number of nitrogens with zero attached hydrogens (tertiary/aromatic N) is 1. The standard InChI is InChI=1S/C19H30FN3O3.HI/c1-4-21-18(23-14-19(24-3)8-10-25-11-9-19)22-13-15(2)26-17-7-5-6-16(20)12-17;/h5-7,12,15H,4,8-11,13-14H2,1-3H3,(H2,21,22,23);1H. The van der Waals surface area contributed by atoms with Crippen molar-refractivity contribution < 1.29 is 18.6 Å². The molecule has 1 aliphatic rings. The fraction of sp³-hybridized carbons (Fsp3) is 0.632. The van der Waals surface area contributed by atoms with E-state index in [1.165, 1.54) is 12.1 Å². The lowest BCUT2D eigenvalue weighted by Crippen LogP contribution is -2.45. The Labute approximate surface area is 178 Å². The van der Waals surface area contributed by atoms with E-state index in [9.17, 15) is 4.39 Å². The highest BCUT2D eigenvalue weighted by Gasteiger charge is 2.32. The van der Waals surface area contributed by atoms with E-state index in [-0.39, 0.29) is 41.5 Å². The summed E-state index contributed by atoms with van der Waals surface area (Å²) in [4.78, 5) is 4.67. The largest absolute Gasteiger partial charge is 0.489 e. The van der Waals surface area contributed by atoms with Crippen molar-refractivity contribution in [3.63, 3.8) is 0 Å². The summed E-state index contributed by atoms with van der Waals surface area (Å²) in [6.07, 6.45) is 1.54. The molecule has 154 valence electrons. The number of aliphatic imine (C=N–C) groups is 1. The van der Waals surface area contributed by atoms with E-state index in [1.54, 1.807) is 19.2 Å². The minimum absolute atomic E-state index is 0. The second-order valence-corrected chi connectivity index (χ2v) is 6.46. The average Bonchev–Trinajstić information content (AvgIpc) is 2.65. The molecule has 1 aromatic rings. The van der Waals surface area contributed by atoms with Crippen LogP contribution in [-0.4, -0.2) is 57.6 Å². The molecule has 1 aromatic carbocycles. The molecular weight excluding hydrogens is 464 g/mol. The third-order valence-electron chi connectivity index (χ3n) is 4.40. The predicted molar refractivity (Wildman–Crippen MR) is 116 cm³/mol. The van der Waals surface area contributed by atoms with Crippen molar-refractivity contribution in [3.8, 4) is 5.75 Å². The Balaban J connectivity index is 0.00000364. The van der Waals surface area contributed by atoms with Crippen LogP contribution in [0.15, 0.2) is 29.3 Å². The van der Waals surface area contributed by atoms with Gasteiger partial charge in [-0.05, 0) is 26.0 Å². The van der Waals surface area contributed by atoms with Crippen LogP contribution in [0.3, 0.4) is 0 Å². The minimum atomic E-state index is -0.307. The highest BCUT2D eigenvalue weighted by Crippen LogP contribution is 2.24. The number of ether oxygens (including phenoxy) is 3. The Bertz CT molecular complexity index is 583. The third kappa shape index (κ3) is 8.18. The van der Waals surface area contributed by atoms with Gasteiger partial charge < -0.3 is 24.8 Å². The first-order valence-electron chi connectivity index (χ1n) is 9.14. The van der Waals surface area contributed by atoms with E-state index in [2.05, 4.69) is 15.6 Å². The Morgan fingerprint density at radius 1 is 1.33 bits per heavy atom. The number of halogens is 2. The van der Waals surface area contributed by atoms with Crippen molar-refractivity contribution in [2.24, 2.45) is 4.99 Å². The molecule has 1 fully saturated rings. The van der Waals surface area contributed by atoms with Crippen LogP contribution in [0.25, 0.3) is 0 Å². The van der Waals surface area contributed by atoms with Crippen LogP contribution < -0.4 is 15.4 Å². The van der Waals surface area contributed by atoms with E-state index < -0.39 is 0 Å². The van der Waals surface area contributed by atoms with Crippen LogP contribution >= 0.6 is 24.0 Å². The number of hydrogen-bond acceptors (Lipinski definition) is 4. The highest BCUT2D eigenvalue weighted by atomic mass is 127. The Morgan fingerprint density at radius 3 is 2.70 bits per heavy atom. The maximum Gasteiger partial charge on any atom is 0.191 e. The van der Waals surface area contributed by atoms with E-state index >= 15 is 0 Å². The zero-order valence-electron chi connectivity index (χ0n) is 16.3. The smallest absolute Gasteiger partial charge is 0.191 e. The third-order valence-corrected chi connectivity index (χ3v) is 4.40. The summed E-state index contributed by atoms with van der Waals surface area (Å²) in [5.41, 5.74) is -0.260. The highest BCUT2D eigenvalue weighted by molar-refractivity contribution is 14.0. The molecule has 0 bridgehead atoms. The van der Waals surface area contributed by atoms with E-state index in [1.807, 2.05) is 13.8 Å². The Kier molecular flexibility index (Phi) is 10.9. The van der Waals surface area contributed by atoms with Gasteiger partial charge in [-0.25, -0.2) is 4.39 Å². The van der Waals surface area contributed by atoms with Gasteiger partial charge in [0.2, 0.25) is 0 Å². The van der Waals surface area contributed by atoms with Crippen LogP contribution in [0.2, 0.25) is 0 Å². The summed E-state index contributed by atoms with van der Waals surface area (Å²) in [5, 5.41) is 6.50. The zero-order chi connectivity index (χ0) is 18.8. The molecule has 2 rings (SSSR count). The quantitative estimate of drug-likeness (QED) is 0.330. The molecule has 0 amide bonds. The summed E-state index contributed by atoms with van der Waals surface area (Å²) in [7, 11) is 1.73. The number of benzene rings is 1. The summed E-state index contributed by atoms with van der Waals surface area (Å²) >= 11 is 0. The topological polar surface area (TPSA) is 64.1 Å². The number of methoxy groups -OCH3 is 1. The van der Waals surface area contributed by atoms with Crippen molar-refractivity contribution in [3.05, 3.63) is 30.1 Å². The van der Waals surface area contributed by atoms with Crippen molar-refractivity contribution in [1.29, 1.82) is 0 Å². The van der Waals surface area contributed by atoms with Gasteiger partial charge in [-0.3, -0.25) is 4.99 Å². The maximum atomic E-state index is 13.2. The molecule has 8 heteroatoms. The SMILES string of the molecule is CCNC(=NCC1(OC)CCOCC1)NCC(C)Oc1cccc(F)c1.I. The number of rotatable bonds is 8. The molecule has 0 aliphatic carbocycles. The van der Waals surface area contributed by atoms with Gasteiger partial charge in [0.1, 0.15) is 17.7 Å². The number of hydrogen-bond donors (Lipinski definition) is 2. The molecule has 1 saturated heterocycles. The molecule has 0 aromatic heterocycles. The van der Waals surface area contributed by atoms with Gasteiger partial charge in [0.15, 0.2) is 5.96 Å². The van der Waals surface area contributed by atoms with Crippen LogP contribution in [-0.2, 0) is 9.47 Å². The lowest BCUT2D eigenvalue weighted by Gasteiger charge is -2.34. The molecule has 1 atom stereocenters. The van der Waals surface area contributed by atoms with Gasteiger partial charge in [0, 0.05) is 45.8 Å². The normalized spacial score (nSPS) is 17.6. The predicted octanol–water partition coefficient (Wildman–Crippen LogP) is 2.96. The molecule has 2 N–H and O–H groups in total. The van der Waals surface area contributed by atoms with E-state index in [4.69, 9.17) is 14.2 Å². The molecular formula is C19H31FIN3O3. The first-order chi connectivity index (χ1) is 12.6. The molecule has 0 spiro atoms. The summed E-state index contributed by atoms with van der Waals surface area (Å²) < 4.78 is 30.1. The van der Waals surface area contributed by atoms with Crippen molar-refractivity contribution in [2.75, 3.05) is 40.0 Å². The van der Waals surface area contributed by atoms with Gasteiger partial charge in [0.25, 0.3) is 0 Å². The van der Waals surface area contributed by atoms with Gasteiger partial charge in [-0.15, -0.1) is 24.0 Å². The molecule has 0 saturated carbocycles. The summed E-state index contributed by atoms with van der Waals surface area (Å²) in [6, 6.07) is 6.15. The first-order valence-corrected chi connectivity index (χ1v) is 9.14. The number of nitrogens with one attached hydrogen (secondary N) is 2. The van der Waals surface area contributed by atoms with Crippen molar-refractivity contribution in [2.45, 2.75) is 38.4 Å². The van der Waals surface area contributed by atoms with Gasteiger partial charge in [-0.2, -0.15) is 0 Å². The second-order valence-electron chi connectivity index (χ2n) is 6.46. The van der Waals surface area contributed by atoms with Crippen LogP contribution in [0, 0.1) is 5.82 Å². The monoisotopic (exact) mass is 495 g/mol. The van der Waals surface area contributed by atoms with Crippen molar-refractivity contribution in [1.82, 2.24) is 10.6 Å². The molecule has 1 unspecified atom stereocenters. The molecule has 0 radical (unpaired) electrons. The first kappa shape index (κ1) is 23.9. The summed E-state index contributed by atoms with van der Waals surface area (Å²) in [5.74, 6) is 0.922. The van der Waals surface area contributed by atoms with Gasteiger partial charge >= 0.3 is 0 Å². The van der Waals surface area contributed by atoms with Crippen molar-refractivity contribution >= 4 is 29.9 Å². The van der Waals surface area contributed by atoms with Gasteiger partial charge in [0.05, 0.1) is 18.7 Å². The lowest BCUT2D eigenvalue weighted by atomic mass is 9.94. The van der Waals surface area contributed by atoms with Gasteiger partial charge in [-0.1, -0.05) is 6.07 Å². The zero-order valence-corrected chi connectivity index (χ0v) is 18.6. The number of guanidine groups is 1. The average molecular weight is 495 g/mol. The Hall–Kier alpha value is -1.13. The van der Waals surface area contributed by atoms with Crippen LogP contribution in [0.4, 0.5) is 4.39 Å². The Morgan fingerprint density at radius 2 is 2.07 bits per heavy atom. The second kappa shape index (κ2) is 12.4. The lowest BCUT2D eigenvalue weighted by molar-refractivity contribution is -0.0828. The van der Waals surface area contributed by atoms with Crippen LogP contribution in [0.1, 0.15) is 26.7 Å². The fourth-order valence-electron chi connectivity index (χ4n) is 2.79. The summed E-state index contributed by atoms with van der Waals surface area (Å²) in [6.45, 7) is 7.22. The molecule has 6 nitrogen and oxygen atoms in total.